The molecule has 0 atom stereocenters. The topological polar surface area (TPSA) is 83.4 Å². The molecular weight excluding hydrogens is 333 g/mol. The van der Waals surface area contributed by atoms with Crippen LogP contribution in [0.15, 0.2) is 47.1 Å². The average Bonchev–Trinajstić information content (AvgIpc) is 2.98. The Morgan fingerprint density at radius 3 is 2.50 bits per heavy atom. The molecule has 0 bridgehead atoms. The lowest BCUT2D eigenvalue weighted by Crippen LogP contribution is -2.48. The van der Waals surface area contributed by atoms with Gasteiger partial charge in [0.25, 0.3) is 5.91 Å². The smallest absolute Gasteiger partial charge is 0.273 e. The molecule has 2 aromatic rings. The Bertz CT molecular complexity index is 784. The molecule has 8 heteroatoms. The third kappa shape index (κ3) is 5.03. The van der Waals surface area contributed by atoms with Crippen molar-refractivity contribution in [3.63, 3.8) is 0 Å². The number of carbonyl (C=O) groups excluding carboxylic acids is 2. The molecule has 124 valence electrons. The summed E-state index contributed by atoms with van der Waals surface area (Å²) < 4.78 is 17.8. The standard InChI is InChI=1S/C16H14FN3O3S/c1-10-13(8-9-23-10)15(22)19-20-16(24)18-14(21)7-4-11-2-5-12(17)6-3-11/h2-9H,1H3,(H,19,22)(H2,18,20,21,24). The van der Waals surface area contributed by atoms with Gasteiger partial charge in [-0.25, -0.2) is 4.39 Å². The summed E-state index contributed by atoms with van der Waals surface area (Å²) in [5.74, 6) is -0.831. The lowest BCUT2D eigenvalue weighted by atomic mass is 10.2. The van der Waals surface area contributed by atoms with Crippen molar-refractivity contribution in [1.82, 2.24) is 16.2 Å². The maximum absolute atomic E-state index is 12.8. The van der Waals surface area contributed by atoms with Crippen LogP contribution < -0.4 is 16.2 Å². The maximum atomic E-state index is 12.8. The number of carbonyl (C=O) groups is 2. The molecule has 1 aromatic heterocycles. The van der Waals surface area contributed by atoms with Crippen LogP contribution in [-0.4, -0.2) is 16.9 Å². The molecular formula is C16H14FN3O3S. The SMILES string of the molecule is Cc1occc1C(=O)NNC(=S)NC(=O)C=Cc1ccc(F)cc1. The molecule has 0 aliphatic heterocycles. The first-order valence-electron chi connectivity index (χ1n) is 6.85. The molecule has 1 aromatic carbocycles. The van der Waals surface area contributed by atoms with Gasteiger partial charge in [-0.1, -0.05) is 12.1 Å². The van der Waals surface area contributed by atoms with Crippen LogP contribution >= 0.6 is 12.2 Å². The molecule has 2 rings (SSSR count). The van der Waals surface area contributed by atoms with Gasteiger partial charge in [0, 0.05) is 6.08 Å². The van der Waals surface area contributed by atoms with E-state index in [0.717, 1.165) is 0 Å². The zero-order valence-corrected chi connectivity index (χ0v) is 13.4. The molecule has 24 heavy (non-hydrogen) atoms. The highest BCUT2D eigenvalue weighted by atomic mass is 32.1. The Kier molecular flexibility index (Phi) is 5.80. The van der Waals surface area contributed by atoms with E-state index in [0.29, 0.717) is 16.9 Å². The van der Waals surface area contributed by atoms with Crippen molar-refractivity contribution < 1.29 is 18.4 Å². The minimum Gasteiger partial charge on any atom is -0.469 e. The highest BCUT2D eigenvalue weighted by Gasteiger charge is 2.11. The van der Waals surface area contributed by atoms with E-state index >= 15 is 0 Å². The quantitative estimate of drug-likeness (QED) is 0.450. The number of rotatable bonds is 3. The van der Waals surface area contributed by atoms with Gasteiger partial charge in [-0.05, 0) is 49.0 Å². The summed E-state index contributed by atoms with van der Waals surface area (Å²) in [5.41, 5.74) is 5.77. The summed E-state index contributed by atoms with van der Waals surface area (Å²) in [5, 5.41) is 2.29. The van der Waals surface area contributed by atoms with Gasteiger partial charge < -0.3 is 4.42 Å². The van der Waals surface area contributed by atoms with Crippen LogP contribution in [0.25, 0.3) is 6.08 Å². The Balaban J connectivity index is 1.79. The minimum atomic E-state index is -0.495. The summed E-state index contributed by atoms with van der Waals surface area (Å²) >= 11 is 4.89. The number of amides is 2. The van der Waals surface area contributed by atoms with Crippen molar-refractivity contribution in [3.8, 4) is 0 Å². The molecule has 0 spiro atoms. The Hall–Kier alpha value is -3.00. The van der Waals surface area contributed by atoms with Gasteiger partial charge in [-0.15, -0.1) is 0 Å². The van der Waals surface area contributed by atoms with E-state index in [1.807, 2.05) is 0 Å². The van der Waals surface area contributed by atoms with Gasteiger partial charge in [0.1, 0.15) is 11.6 Å². The fourth-order valence-electron chi connectivity index (χ4n) is 1.73. The maximum Gasteiger partial charge on any atom is 0.273 e. The number of hydrogen-bond acceptors (Lipinski definition) is 4. The molecule has 0 fully saturated rings. The third-order valence-electron chi connectivity index (χ3n) is 2.93. The largest absolute Gasteiger partial charge is 0.469 e. The molecule has 2 amide bonds. The summed E-state index contributed by atoms with van der Waals surface area (Å²) in [4.78, 5) is 23.5. The van der Waals surface area contributed by atoms with E-state index in [1.165, 1.54) is 48.7 Å². The predicted octanol–water partition coefficient (Wildman–Crippen LogP) is 2.08. The van der Waals surface area contributed by atoms with Gasteiger partial charge in [-0.3, -0.25) is 25.8 Å². The zero-order chi connectivity index (χ0) is 17.5. The number of hydrogen-bond donors (Lipinski definition) is 3. The number of furan rings is 1. The first-order valence-corrected chi connectivity index (χ1v) is 7.25. The first kappa shape index (κ1) is 17.4. The lowest BCUT2D eigenvalue weighted by Gasteiger charge is -2.09. The number of benzene rings is 1. The number of aryl methyl sites for hydroxylation is 1. The van der Waals surface area contributed by atoms with E-state index in [-0.39, 0.29) is 10.9 Å². The van der Waals surface area contributed by atoms with Crippen molar-refractivity contribution in [2.75, 3.05) is 0 Å². The average molecular weight is 347 g/mol. The molecule has 6 nitrogen and oxygen atoms in total. The summed E-state index contributed by atoms with van der Waals surface area (Å²) in [6.45, 7) is 1.65. The Morgan fingerprint density at radius 1 is 1.17 bits per heavy atom. The fraction of sp³-hybridized carbons (Fsp3) is 0.0625. The lowest BCUT2D eigenvalue weighted by molar-refractivity contribution is -0.115. The summed E-state index contributed by atoms with van der Waals surface area (Å²) in [6.07, 6.45) is 4.14. The second-order valence-electron chi connectivity index (χ2n) is 4.67. The number of hydrazine groups is 1. The Morgan fingerprint density at radius 2 is 1.88 bits per heavy atom. The molecule has 0 unspecified atom stereocenters. The van der Waals surface area contributed by atoms with Gasteiger partial charge >= 0.3 is 0 Å². The summed E-state index contributed by atoms with van der Waals surface area (Å²) in [6, 6.07) is 7.15. The van der Waals surface area contributed by atoms with Crippen molar-refractivity contribution >= 4 is 35.2 Å². The monoisotopic (exact) mass is 347 g/mol. The highest BCUT2D eigenvalue weighted by molar-refractivity contribution is 7.80. The van der Waals surface area contributed by atoms with Crippen LogP contribution in [-0.2, 0) is 4.79 Å². The first-order chi connectivity index (χ1) is 11.5. The third-order valence-corrected chi connectivity index (χ3v) is 3.13. The van der Waals surface area contributed by atoms with E-state index in [9.17, 15) is 14.0 Å². The molecule has 0 radical (unpaired) electrons. The normalized spacial score (nSPS) is 10.4. The van der Waals surface area contributed by atoms with E-state index < -0.39 is 11.8 Å². The molecule has 0 aliphatic carbocycles. The molecule has 0 aliphatic rings. The molecule has 3 N–H and O–H groups in total. The number of nitrogens with one attached hydrogen (secondary N) is 3. The van der Waals surface area contributed by atoms with Crippen LogP contribution in [0, 0.1) is 12.7 Å². The van der Waals surface area contributed by atoms with E-state index in [4.69, 9.17) is 16.6 Å². The van der Waals surface area contributed by atoms with Gasteiger partial charge in [0.15, 0.2) is 5.11 Å². The number of thiocarbonyl (C=S) groups is 1. The molecule has 0 saturated carbocycles. The van der Waals surface area contributed by atoms with Crippen molar-refractivity contribution in [2.45, 2.75) is 6.92 Å². The van der Waals surface area contributed by atoms with Crippen molar-refractivity contribution in [1.29, 1.82) is 0 Å². The van der Waals surface area contributed by atoms with Gasteiger partial charge in [0.05, 0.1) is 11.8 Å². The van der Waals surface area contributed by atoms with E-state index in [1.54, 1.807) is 6.92 Å². The van der Waals surface area contributed by atoms with Crippen LogP contribution in [0.2, 0.25) is 0 Å². The zero-order valence-electron chi connectivity index (χ0n) is 12.6. The van der Waals surface area contributed by atoms with Crippen LogP contribution in [0.1, 0.15) is 21.7 Å². The predicted molar refractivity (Wildman–Crippen MR) is 90.2 cm³/mol. The second-order valence-corrected chi connectivity index (χ2v) is 5.08. The van der Waals surface area contributed by atoms with Crippen LogP contribution in [0.5, 0.6) is 0 Å². The minimum absolute atomic E-state index is 0.0711. The summed E-state index contributed by atoms with van der Waals surface area (Å²) in [7, 11) is 0. The van der Waals surface area contributed by atoms with Crippen molar-refractivity contribution in [3.05, 3.63) is 65.4 Å². The van der Waals surface area contributed by atoms with Gasteiger partial charge in [-0.2, -0.15) is 0 Å². The van der Waals surface area contributed by atoms with Crippen LogP contribution in [0.4, 0.5) is 4.39 Å². The highest BCUT2D eigenvalue weighted by Crippen LogP contribution is 2.07. The van der Waals surface area contributed by atoms with Crippen LogP contribution in [0.3, 0.4) is 0 Å². The van der Waals surface area contributed by atoms with E-state index in [2.05, 4.69) is 16.2 Å². The van der Waals surface area contributed by atoms with Crippen molar-refractivity contribution in [2.24, 2.45) is 0 Å². The second kappa shape index (κ2) is 8.02. The number of halogens is 1. The fourth-order valence-corrected chi connectivity index (χ4v) is 1.88. The molecule has 0 saturated heterocycles. The van der Waals surface area contributed by atoms with Gasteiger partial charge in [0.2, 0.25) is 5.91 Å². The molecule has 1 heterocycles. The Labute approximate surface area is 142 Å².